The molecule has 0 aliphatic heterocycles. The molecule has 2 heterocycles. The second kappa shape index (κ2) is 14.5. The predicted octanol–water partition coefficient (Wildman–Crippen LogP) is 4.16. The number of allylic oxidation sites excluding steroid dienone is 4. The molecule has 4 aliphatic rings. The van der Waals surface area contributed by atoms with E-state index in [2.05, 4.69) is 19.9 Å². The van der Waals surface area contributed by atoms with Crippen LogP contribution in [0.2, 0.25) is 0 Å². The number of hydroxylamine groups is 1. The maximum Gasteiger partial charge on any atom is 0.354 e. The Morgan fingerprint density at radius 2 is 1.28 bits per heavy atom. The Bertz CT molecular complexity index is 1880. The van der Waals surface area contributed by atoms with Crippen LogP contribution >= 0.6 is 0 Å². The molecule has 2 aromatic rings. The summed E-state index contributed by atoms with van der Waals surface area (Å²) in [4.78, 5) is 57.0. The zero-order chi connectivity index (χ0) is 38.7. The van der Waals surface area contributed by atoms with Crippen LogP contribution in [0.4, 0.5) is 0 Å². The predicted molar refractivity (Wildman–Crippen MR) is 185 cm³/mol. The average molecular weight is 691 g/mol. The first-order valence-corrected chi connectivity index (χ1v) is 16.1. The van der Waals surface area contributed by atoms with Crippen LogP contribution < -0.4 is 5.48 Å². The number of ketones is 2. The van der Waals surface area contributed by atoms with Gasteiger partial charge < -0.3 is 24.8 Å². The molecule has 0 aromatic carbocycles. The second-order valence-corrected chi connectivity index (χ2v) is 13.8. The van der Waals surface area contributed by atoms with Gasteiger partial charge in [-0.1, -0.05) is 47.2 Å². The van der Waals surface area contributed by atoms with Crippen molar-refractivity contribution in [3.05, 3.63) is 80.3 Å². The molecule has 6 rings (SSSR count). The highest BCUT2D eigenvalue weighted by molar-refractivity contribution is 6.01. The summed E-state index contributed by atoms with van der Waals surface area (Å²) in [5.74, 6) is -1.54. The van der Waals surface area contributed by atoms with Gasteiger partial charge in [0.2, 0.25) is 11.4 Å². The number of fused-ring (bicyclic) bond motifs is 6. The van der Waals surface area contributed by atoms with Crippen molar-refractivity contribution in [1.29, 1.82) is 0 Å². The smallest absolute Gasteiger partial charge is 0.354 e. The molecular formula is C36H48N8O6. The van der Waals surface area contributed by atoms with E-state index in [0.29, 0.717) is 17.8 Å². The molecule has 0 spiro atoms. The third-order valence-electron chi connectivity index (χ3n) is 10.7. The second-order valence-electron chi connectivity index (χ2n) is 13.8. The first-order valence-electron chi connectivity index (χ1n) is 17.1. The number of nitrogens with zero attached hydrogens (tertiary/aromatic N) is 7. The highest BCUT2D eigenvalue weighted by Gasteiger charge is 2.52. The average Bonchev–Trinajstić information content (AvgIpc) is 3.62. The molecule has 14 nitrogen and oxygen atoms in total. The van der Waals surface area contributed by atoms with Crippen LogP contribution in [0, 0.1) is 36.8 Å². The highest BCUT2D eigenvalue weighted by Crippen LogP contribution is 2.51. The van der Waals surface area contributed by atoms with E-state index in [-0.39, 0.29) is 58.2 Å². The quantitative estimate of drug-likeness (QED) is 0.310. The van der Waals surface area contributed by atoms with Crippen molar-refractivity contribution < 1.29 is 30.9 Å². The van der Waals surface area contributed by atoms with E-state index in [9.17, 15) is 24.3 Å². The summed E-state index contributed by atoms with van der Waals surface area (Å²) in [6, 6.07) is 0. The van der Waals surface area contributed by atoms with E-state index < -0.39 is 16.8 Å². The van der Waals surface area contributed by atoms with Crippen LogP contribution in [0.15, 0.2) is 23.5 Å². The number of carbonyl (C=O) groups excluding carboxylic acids is 3. The number of hydrogen-bond acceptors (Lipinski definition) is 8. The summed E-state index contributed by atoms with van der Waals surface area (Å²) in [6.45, 7) is 22.3. The van der Waals surface area contributed by atoms with E-state index in [1.807, 2.05) is 27.7 Å². The number of rotatable bonds is 2. The maximum absolute atomic E-state index is 12.5. The Kier molecular flexibility index (Phi) is 11.0. The molecule has 6 atom stereocenters. The van der Waals surface area contributed by atoms with Gasteiger partial charge >= 0.3 is 5.97 Å². The van der Waals surface area contributed by atoms with Crippen LogP contribution in [-0.2, 0) is 47.4 Å². The Hall–Kier alpha value is -4.92. The Balaban J connectivity index is 0.000000245. The van der Waals surface area contributed by atoms with Crippen molar-refractivity contribution >= 4 is 23.4 Å². The summed E-state index contributed by atoms with van der Waals surface area (Å²) < 4.78 is 8.79. The van der Waals surface area contributed by atoms with Crippen LogP contribution in [-0.4, -0.2) is 79.4 Å². The lowest BCUT2D eigenvalue weighted by Gasteiger charge is -2.44. The van der Waals surface area contributed by atoms with Crippen LogP contribution in [0.5, 0.6) is 0 Å². The zero-order valence-electron chi connectivity index (χ0n) is 31.5. The molecule has 0 saturated heterocycles. The summed E-state index contributed by atoms with van der Waals surface area (Å²) in [5, 5.41) is 25.8. The molecule has 0 radical (unpaired) electrons. The number of carbonyl (C=O) groups is 4. The fraction of sp³-hybridized carbons (Fsp3) is 0.556. The third kappa shape index (κ3) is 6.18. The van der Waals surface area contributed by atoms with Gasteiger partial charge in [-0.2, -0.15) is 10.2 Å². The fourth-order valence-electron chi connectivity index (χ4n) is 8.38. The van der Waals surface area contributed by atoms with Crippen molar-refractivity contribution in [2.75, 3.05) is 21.1 Å². The summed E-state index contributed by atoms with van der Waals surface area (Å²) in [5.41, 5.74) is 5.08. The van der Waals surface area contributed by atoms with E-state index in [0.717, 1.165) is 36.1 Å². The fourth-order valence-corrected chi connectivity index (χ4v) is 8.38. The Morgan fingerprint density at radius 1 is 0.920 bits per heavy atom. The molecule has 14 heteroatoms. The number of aryl methyl sites for hydroxylation is 2. The number of amides is 1. The molecule has 268 valence electrons. The molecule has 0 bridgehead atoms. The molecule has 3 N–H and O–H groups in total. The lowest BCUT2D eigenvalue weighted by atomic mass is 9.58. The van der Waals surface area contributed by atoms with Crippen LogP contribution in [0.1, 0.15) is 92.8 Å². The molecule has 4 aliphatic carbocycles. The summed E-state index contributed by atoms with van der Waals surface area (Å²) >= 11 is 0. The highest BCUT2D eigenvalue weighted by atomic mass is 16.5. The van der Waals surface area contributed by atoms with E-state index in [4.69, 9.17) is 19.7 Å². The van der Waals surface area contributed by atoms with Crippen molar-refractivity contribution in [2.24, 2.45) is 37.8 Å². The number of hydrogen-bond donors (Lipinski definition) is 3. The van der Waals surface area contributed by atoms with Crippen molar-refractivity contribution in [3.63, 3.8) is 0 Å². The normalized spacial score (nSPS) is 27.4. The van der Waals surface area contributed by atoms with Gasteiger partial charge in [-0.05, 0) is 37.5 Å². The van der Waals surface area contributed by atoms with Gasteiger partial charge in [-0.15, -0.1) is 0 Å². The number of aromatic nitrogens is 4. The number of nitrogens with one attached hydrogen (secondary N) is 1. The number of Topliss-reactive ketones (excluding diaryl/α,β-unsaturated/α-hetero) is 2. The van der Waals surface area contributed by atoms with Crippen LogP contribution in [0.3, 0.4) is 0 Å². The van der Waals surface area contributed by atoms with Gasteiger partial charge in [0.15, 0.2) is 11.6 Å². The standard InChI is InChI=1S/C18H22N4O2.C16H17N3O3.CH5NO.CH4/c1-10-12-8-7-11-14(17(24)21(4)5)22(6)20-16(11)18(12,2)9-13(19-3)15(10)23;1-8-10-6-5-9-12(15(21)22)19(4)18-14(9)16(10,2)7-11(17-3)13(8)20;1-2-3;/h9-10,12H,7-8H2,1-2,4-6H3;7-8,10H,5-6H2,1-2,4H3,(H,21,22);2-3H,1H3;1H4/t10-,12-,18-;8-,10-,16-;;/m00../s1/i;;;1T. The molecule has 0 fully saturated rings. The first kappa shape index (κ1) is 37.9. The molecule has 0 saturated carbocycles. The van der Waals surface area contributed by atoms with Crippen molar-refractivity contribution in [1.82, 2.24) is 29.9 Å². The first-order chi connectivity index (χ1) is 23.9. The number of carboxylic acids is 1. The van der Waals surface area contributed by atoms with Gasteiger partial charge in [0.1, 0.15) is 11.4 Å². The SMILES string of the molecule is CNO.[3H]C.[C-]#[N+]C1=C[C@]2(C)c3nn(C)c(C(=O)N(C)C)c3CC[C@H]2[C@H](C)C1=O.[C-]#[N+]C1=C[C@]2(C)c3nn(C)c(C(=O)O)c3CC[C@H]2[C@H](C)C1=O. The van der Waals surface area contributed by atoms with E-state index in [1.165, 1.54) is 19.1 Å². The molecule has 50 heavy (non-hydrogen) atoms. The van der Waals surface area contributed by atoms with Gasteiger partial charge in [0, 0.05) is 70.4 Å². The van der Waals surface area contributed by atoms with Gasteiger partial charge in [-0.25, -0.2) is 20.0 Å². The lowest BCUT2D eigenvalue weighted by Crippen LogP contribution is -2.45. The zero-order valence-corrected chi connectivity index (χ0v) is 30.5. The summed E-state index contributed by atoms with van der Waals surface area (Å²) in [7, 11) is 9.54. The number of carboxylic acid groups (broad SMARTS) is 1. The minimum Gasteiger partial charge on any atom is -0.477 e. The lowest BCUT2D eigenvalue weighted by molar-refractivity contribution is -0.122. The monoisotopic (exact) mass is 690 g/mol. The van der Waals surface area contributed by atoms with E-state index in [1.54, 1.807) is 55.4 Å². The topological polar surface area (TPSA) is 168 Å². The Labute approximate surface area is 294 Å². The van der Waals surface area contributed by atoms with Crippen molar-refractivity contribution in [2.45, 2.75) is 71.6 Å². The third-order valence-corrected chi connectivity index (χ3v) is 10.7. The minimum atomic E-state index is -0.993. The minimum absolute atomic E-state index is 0.0505. The number of aromatic carboxylic acids is 1. The van der Waals surface area contributed by atoms with Crippen LogP contribution in [0.25, 0.3) is 9.69 Å². The molecular weight excluding hydrogens is 640 g/mol. The Morgan fingerprint density at radius 3 is 1.62 bits per heavy atom. The molecule has 1 amide bonds. The van der Waals surface area contributed by atoms with Gasteiger partial charge in [-0.3, -0.25) is 14.2 Å². The van der Waals surface area contributed by atoms with Gasteiger partial charge in [0.25, 0.3) is 5.91 Å². The van der Waals surface area contributed by atoms with Gasteiger partial charge in [0.05, 0.1) is 24.5 Å². The van der Waals surface area contributed by atoms with E-state index >= 15 is 0 Å². The van der Waals surface area contributed by atoms with Crippen molar-refractivity contribution in [3.8, 4) is 0 Å². The molecule has 0 unspecified atom stereocenters. The largest absolute Gasteiger partial charge is 0.477 e. The maximum atomic E-state index is 12.5. The summed E-state index contributed by atoms with van der Waals surface area (Å²) in [6.07, 6.45) is 6.36. The molecule has 2 aromatic heterocycles.